The van der Waals surface area contributed by atoms with Crippen LogP contribution < -0.4 is 10.5 Å². The molecule has 1 saturated heterocycles. The molecule has 2 rings (SSSR count). The number of carbonyl (C=O) groups is 1. The van der Waals surface area contributed by atoms with Gasteiger partial charge in [-0.3, -0.25) is 4.79 Å². The Kier molecular flexibility index (Phi) is 6.53. The second kappa shape index (κ2) is 8.41. The lowest BCUT2D eigenvalue weighted by atomic mass is 9.74. The number of ether oxygens (including phenoxy) is 1. The van der Waals surface area contributed by atoms with Gasteiger partial charge in [-0.15, -0.1) is 0 Å². The summed E-state index contributed by atoms with van der Waals surface area (Å²) < 4.78 is 5.51. The first-order chi connectivity index (χ1) is 11.6. The number of rotatable bonds is 7. The summed E-state index contributed by atoms with van der Waals surface area (Å²) in [6.45, 7) is 3.25. The summed E-state index contributed by atoms with van der Waals surface area (Å²) in [5, 5.41) is 20.2. The van der Waals surface area contributed by atoms with Crippen LogP contribution in [0.25, 0.3) is 0 Å². The van der Waals surface area contributed by atoms with Crippen LogP contribution in [0.5, 0.6) is 5.75 Å². The van der Waals surface area contributed by atoms with Crippen molar-refractivity contribution >= 4 is 5.91 Å². The van der Waals surface area contributed by atoms with Gasteiger partial charge in [-0.2, -0.15) is 0 Å². The Morgan fingerprint density at radius 2 is 2.38 bits per heavy atom. The molecule has 1 aliphatic heterocycles. The maximum atomic E-state index is 12.9. The number of nitrogens with two attached hydrogens (primary N) is 1. The minimum atomic E-state index is -0.671. The SMILES string of the molecule is CCC[C@@]1(CO)CN(C(=O)c2ncccc2OCCN)CC[C@@H]1O. The molecule has 0 aromatic carbocycles. The van der Waals surface area contributed by atoms with E-state index in [0.29, 0.717) is 44.8 Å². The van der Waals surface area contributed by atoms with E-state index in [0.717, 1.165) is 6.42 Å². The van der Waals surface area contributed by atoms with Crippen molar-refractivity contribution in [2.45, 2.75) is 32.3 Å². The van der Waals surface area contributed by atoms with E-state index < -0.39 is 11.5 Å². The van der Waals surface area contributed by atoms with Crippen molar-refractivity contribution < 1.29 is 19.7 Å². The third kappa shape index (κ3) is 3.85. The molecule has 24 heavy (non-hydrogen) atoms. The molecule has 0 aliphatic carbocycles. The van der Waals surface area contributed by atoms with E-state index in [1.807, 2.05) is 6.92 Å². The lowest BCUT2D eigenvalue weighted by Crippen LogP contribution is -2.55. The van der Waals surface area contributed by atoms with Crippen molar-refractivity contribution in [3.8, 4) is 5.75 Å². The second-order valence-electron chi connectivity index (χ2n) is 6.29. The third-order valence-corrected chi connectivity index (χ3v) is 4.58. The molecule has 1 aliphatic rings. The number of hydrogen-bond acceptors (Lipinski definition) is 6. The molecule has 1 amide bonds. The Labute approximate surface area is 142 Å². The summed E-state index contributed by atoms with van der Waals surface area (Å²) in [6.07, 6.45) is 2.87. The number of aliphatic hydroxyl groups is 2. The van der Waals surface area contributed by atoms with Crippen LogP contribution in [0.4, 0.5) is 0 Å². The molecule has 134 valence electrons. The molecule has 1 aromatic heterocycles. The van der Waals surface area contributed by atoms with Gasteiger partial charge in [-0.1, -0.05) is 13.3 Å². The van der Waals surface area contributed by atoms with Crippen LogP contribution in [0.3, 0.4) is 0 Å². The average molecular weight is 337 g/mol. The molecule has 2 heterocycles. The first-order valence-corrected chi connectivity index (χ1v) is 8.44. The number of aliphatic hydroxyl groups excluding tert-OH is 2. The summed E-state index contributed by atoms with van der Waals surface area (Å²) >= 11 is 0. The predicted octanol–water partition coefficient (Wildman–Crippen LogP) is 0.405. The maximum Gasteiger partial charge on any atom is 0.276 e. The summed E-state index contributed by atoms with van der Waals surface area (Å²) in [4.78, 5) is 18.7. The molecule has 7 nitrogen and oxygen atoms in total. The minimum absolute atomic E-state index is 0.148. The van der Waals surface area contributed by atoms with Crippen LogP contribution in [0, 0.1) is 5.41 Å². The molecule has 0 radical (unpaired) electrons. The summed E-state index contributed by atoms with van der Waals surface area (Å²) in [7, 11) is 0. The van der Waals surface area contributed by atoms with Gasteiger partial charge in [0.05, 0.1) is 12.7 Å². The number of piperidine rings is 1. The van der Waals surface area contributed by atoms with Crippen LogP contribution in [0.15, 0.2) is 18.3 Å². The highest BCUT2D eigenvalue weighted by atomic mass is 16.5. The highest BCUT2D eigenvalue weighted by Gasteiger charge is 2.43. The fourth-order valence-corrected chi connectivity index (χ4v) is 3.29. The van der Waals surface area contributed by atoms with Crippen LogP contribution in [-0.4, -0.2) is 65.0 Å². The summed E-state index contributed by atoms with van der Waals surface area (Å²) in [5.74, 6) is 0.160. The van der Waals surface area contributed by atoms with Crippen LogP contribution >= 0.6 is 0 Å². The normalized spacial score (nSPS) is 24.0. The number of pyridine rings is 1. The zero-order chi connectivity index (χ0) is 17.6. The van der Waals surface area contributed by atoms with Crippen molar-refractivity contribution in [2.24, 2.45) is 11.1 Å². The number of likely N-dealkylation sites (tertiary alicyclic amines) is 1. The number of nitrogens with zero attached hydrogens (tertiary/aromatic N) is 2. The quantitative estimate of drug-likeness (QED) is 0.665. The first-order valence-electron chi connectivity index (χ1n) is 8.44. The van der Waals surface area contributed by atoms with Gasteiger partial charge < -0.3 is 25.6 Å². The zero-order valence-corrected chi connectivity index (χ0v) is 14.1. The molecule has 0 saturated carbocycles. The predicted molar refractivity (Wildman–Crippen MR) is 89.7 cm³/mol. The van der Waals surface area contributed by atoms with Crippen LogP contribution in [-0.2, 0) is 0 Å². The lowest BCUT2D eigenvalue weighted by Gasteiger charge is -2.45. The largest absolute Gasteiger partial charge is 0.490 e. The number of carbonyl (C=O) groups excluding carboxylic acids is 1. The molecule has 0 spiro atoms. The molecular weight excluding hydrogens is 310 g/mol. The van der Waals surface area contributed by atoms with E-state index in [4.69, 9.17) is 10.5 Å². The number of aromatic nitrogens is 1. The fourth-order valence-electron chi connectivity index (χ4n) is 3.29. The van der Waals surface area contributed by atoms with E-state index in [1.165, 1.54) is 0 Å². The van der Waals surface area contributed by atoms with Gasteiger partial charge in [0.2, 0.25) is 0 Å². The fraction of sp³-hybridized carbons (Fsp3) is 0.647. The van der Waals surface area contributed by atoms with Gasteiger partial charge in [0.15, 0.2) is 11.4 Å². The molecule has 4 N–H and O–H groups in total. The second-order valence-corrected chi connectivity index (χ2v) is 6.29. The van der Waals surface area contributed by atoms with Gasteiger partial charge in [-0.25, -0.2) is 4.98 Å². The van der Waals surface area contributed by atoms with Crippen LogP contribution in [0.2, 0.25) is 0 Å². The molecule has 0 unspecified atom stereocenters. The van der Waals surface area contributed by atoms with E-state index >= 15 is 0 Å². The highest BCUT2D eigenvalue weighted by molar-refractivity contribution is 5.95. The van der Waals surface area contributed by atoms with E-state index in [9.17, 15) is 15.0 Å². The molecule has 1 fully saturated rings. The van der Waals surface area contributed by atoms with Gasteiger partial charge in [0.1, 0.15) is 6.61 Å². The molecule has 1 aromatic rings. The van der Waals surface area contributed by atoms with Crippen molar-refractivity contribution in [3.05, 3.63) is 24.0 Å². The monoisotopic (exact) mass is 337 g/mol. The Morgan fingerprint density at radius 1 is 1.58 bits per heavy atom. The average Bonchev–Trinajstić information content (AvgIpc) is 2.61. The van der Waals surface area contributed by atoms with Gasteiger partial charge in [-0.05, 0) is 25.0 Å². The van der Waals surface area contributed by atoms with Gasteiger partial charge >= 0.3 is 0 Å². The number of hydrogen-bond donors (Lipinski definition) is 3. The minimum Gasteiger partial charge on any atom is -0.490 e. The third-order valence-electron chi connectivity index (χ3n) is 4.58. The molecule has 2 atom stereocenters. The van der Waals surface area contributed by atoms with E-state index in [-0.39, 0.29) is 18.2 Å². The van der Waals surface area contributed by atoms with Crippen molar-refractivity contribution in [1.82, 2.24) is 9.88 Å². The maximum absolute atomic E-state index is 12.9. The Bertz CT molecular complexity index is 554. The topological polar surface area (TPSA) is 109 Å². The summed E-state index contributed by atoms with van der Waals surface area (Å²) in [5.41, 5.74) is 5.02. The lowest BCUT2D eigenvalue weighted by molar-refractivity contribution is -0.0721. The zero-order valence-electron chi connectivity index (χ0n) is 14.1. The van der Waals surface area contributed by atoms with Crippen LogP contribution in [0.1, 0.15) is 36.7 Å². The van der Waals surface area contributed by atoms with Crippen molar-refractivity contribution in [3.63, 3.8) is 0 Å². The highest BCUT2D eigenvalue weighted by Crippen LogP contribution is 2.35. The smallest absolute Gasteiger partial charge is 0.276 e. The van der Waals surface area contributed by atoms with Crippen molar-refractivity contribution in [1.29, 1.82) is 0 Å². The van der Waals surface area contributed by atoms with E-state index in [1.54, 1.807) is 23.2 Å². The molecule has 7 heteroatoms. The molecule has 0 bridgehead atoms. The van der Waals surface area contributed by atoms with Gasteiger partial charge in [0.25, 0.3) is 5.91 Å². The molecular formula is C17H27N3O4. The Morgan fingerprint density at radius 3 is 3.04 bits per heavy atom. The number of amides is 1. The summed E-state index contributed by atoms with van der Waals surface area (Å²) in [6, 6.07) is 3.40. The standard InChI is InChI=1S/C17H27N3O4/c1-2-6-17(12-21)11-20(9-5-14(17)22)16(23)15-13(24-10-7-18)4-3-8-19-15/h3-4,8,14,21-22H,2,5-7,9-12,18H2,1H3/t14-,17-/m0/s1. The van der Waals surface area contributed by atoms with Gasteiger partial charge in [0, 0.05) is 31.2 Å². The van der Waals surface area contributed by atoms with E-state index in [2.05, 4.69) is 4.98 Å². The van der Waals surface area contributed by atoms with Crippen molar-refractivity contribution in [2.75, 3.05) is 32.8 Å². The first kappa shape index (κ1) is 18.6. The Balaban J connectivity index is 2.21. The Hall–Kier alpha value is -1.70.